The average molecular weight is 268 g/mol. The van der Waals surface area contributed by atoms with Crippen molar-refractivity contribution in [3.05, 3.63) is 12.1 Å². The van der Waals surface area contributed by atoms with E-state index in [9.17, 15) is 0 Å². The SMILES string of the molecule is CNCCCN(C)c1cc(OC)c(OC)c(OC)c1. The summed E-state index contributed by atoms with van der Waals surface area (Å²) in [5.41, 5.74) is 1.05. The summed E-state index contributed by atoms with van der Waals surface area (Å²) in [6, 6.07) is 3.92. The molecule has 5 heteroatoms. The van der Waals surface area contributed by atoms with Crippen LogP contribution in [0.1, 0.15) is 6.42 Å². The molecule has 108 valence electrons. The third-order valence-electron chi connectivity index (χ3n) is 3.01. The first-order valence-electron chi connectivity index (χ1n) is 6.33. The lowest BCUT2D eigenvalue weighted by Gasteiger charge is -2.22. The summed E-state index contributed by atoms with van der Waals surface area (Å²) in [7, 11) is 8.87. The van der Waals surface area contributed by atoms with Gasteiger partial charge in [0.2, 0.25) is 5.75 Å². The highest BCUT2D eigenvalue weighted by Gasteiger charge is 2.14. The molecule has 0 spiro atoms. The van der Waals surface area contributed by atoms with Gasteiger partial charge in [0.05, 0.1) is 21.3 Å². The van der Waals surface area contributed by atoms with Crippen LogP contribution in [-0.2, 0) is 0 Å². The number of benzene rings is 1. The minimum absolute atomic E-state index is 0.623. The molecule has 0 aliphatic heterocycles. The Hall–Kier alpha value is -1.62. The van der Waals surface area contributed by atoms with Gasteiger partial charge >= 0.3 is 0 Å². The normalized spacial score (nSPS) is 10.2. The fraction of sp³-hybridized carbons (Fsp3) is 0.571. The van der Waals surface area contributed by atoms with Crippen molar-refractivity contribution in [2.75, 3.05) is 53.4 Å². The van der Waals surface area contributed by atoms with E-state index in [0.29, 0.717) is 17.2 Å². The van der Waals surface area contributed by atoms with Crippen LogP contribution in [0.4, 0.5) is 5.69 Å². The van der Waals surface area contributed by atoms with Crippen molar-refractivity contribution in [3.63, 3.8) is 0 Å². The molecular formula is C14H24N2O3. The van der Waals surface area contributed by atoms with Crippen LogP contribution in [0.5, 0.6) is 17.2 Å². The van der Waals surface area contributed by atoms with Crippen molar-refractivity contribution in [2.45, 2.75) is 6.42 Å². The molecule has 0 unspecified atom stereocenters. The topological polar surface area (TPSA) is 43.0 Å². The van der Waals surface area contributed by atoms with E-state index >= 15 is 0 Å². The summed E-state index contributed by atoms with van der Waals surface area (Å²) in [4.78, 5) is 2.17. The number of nitrogens with zero attached hydrogens (tertiary/aromatic N) is 1. The van der Waals surface area contributed by atoms with Crippen LogP contribution in [-0.4, -0.2) is 48.5 Å². The van der Waals surface area contributed by atoms with E-state index in [-0.39, 0.29) is 0 Å². The highest BCUT2D eigenvalue weighted by molar-refractivity contribution is 5.63. The molecule has 0 aliphatic carbocycles. The fourth-order valence-corrected chi connectivity index (χ4v) is 1.91. The molecule has 0 aliphatic rings. The molecule has 0 atom stereocenters. The number of hydrogen-bond acceptors (Lipinski definition) is 5. The average Bonchev–Trinajstić information content (AvgIpc) is 2.45. The summed E-state index contributed by atoms with van der Waals surface area (Å²) in [6.07, 6.45) is 1.07. The molecule has 0 bridgehead atoms. The van der Waals surface area contributed by atoms with E-state index in [0.717, 1.165) is 25.2 Å². The number of hydrogen-bond donors (Lipinski definition) is 1. The lowest BCUT2D eigenvalue weighted by Crippen LogP contribution is -2.22. The van der Waals surface area contributed by atoms with Gasteiger partial charge in [-0.05, 0) is 20.0 Å². The van der Waals surface area contributed by atoms with Gasteiger partial charge in [-0.15, -0.1) is 0 Å². The minimum Gasteiger partial charge on any atom is -0.493 e. The van der Waals surface area contributed by atoms with Crippen molar-refractivity contribution in [1.29, 1.82) is 0 Å². The second-order valence-electron chi connectivity index (χ2n) is 4.26. The van der Waals surface area contributed by atoms with Gasteiger partial charge in [-0.25, -0.2) is 0 Å². The quantitative estimate of drug-likeness (QED) is 0.728. The van der Waals surface area contributed by atoms with Gasteiger partial charge < -0.3 is 24.4 Å². The molecule has 0 heterocycles. The molecule has 0 aromatic heterocycles. The third kappa shape index (κ3) is 3.92. The summed E-state index contributed by atoms with van der Waals surface area (Å²) in [5, 5.41) is 3.14. The van der Waals surface area contributed by atoms with Gasteiger partial charge in [0.1, 0.15) is 0 Å². The zero-order chi connectivity index (χ0) is 14.3. The highest BCUT2D eigenvalue weighted by atomic mass is 16.5. The van der Waals surface area contributed by atoms with Gasteiger partial charge in [0, 0.05) is 31.4 Å². The Kier molecular flexibility index (Phi) is 6.29. The molecule has 0 fully saturated rings. The lowest BCUT2D eigenvalue weighted by molar-refractivity contribution is 0.324. The van der Waals surface area contributed by atoms with Gasteiger partial charge in [0.15, 0.2) is 11.5 Å². The number of anilines is 1. The predicted octanol–water partition coefficient (Wildman–Crippen LogP) is 1.76. The first-order chi connectivity index (χ1) is 9.17. The van der Waals surface area contributed by atoms with E-state index < -0.39 is 0 Å². The molecule has 19 heavy (non-hydrogen) atoms. The summed E-state index contributed by atoms with van der Waals surface area (Å²) >= 11 is 0. The zero-order valence-electron chi connectivity index (χ0n) is 12.4. The van der Waals surface area contributed by atoms with E-state index in [2.05, 4.69) is 17.3 Å². The third-order valence-corrected chi connectivity index (χ3v) is 3.01. The Morgan fingerprint density at radius 3 is 2.05 bits per heavy atom. The van der Waals surface area contributed by atoms with E-state index in [1.54, 1.807) is 21.3 Å². The zero-order valence-corrected chi connectivity index (χ0v) is 12.4. The Balaban J connectivity index is 2.95. The fourth-order valence-electron chi connectivity index (χ4n) is 1.91. The molecule has 5 nitrogen and oxygen atoms in total. The highest BCUT2D eigenvalue weighted by Crippen LogP contribution is 2.40. The number of ether oxygens (including phenoxy) is 3. The molecule has 1 aromatic rings. The Labute approximate surface area is 115 Å². The molecule has 1 aromatic carbocycles. The first-order valence-corrected chi connectivity index (χ1v) is 6.33. The van der Waals surface area contributed by atoms with Crippen molar-refractivity contribution < 1.29 is 14.2 Å². The van der Waals surface area contributed by atoms with Crippen molar-refractivity contribution in [1.82, 2.24) is 5.32 Å². The number of methoxy groups -OCH3 is 3. The number of rotatable bonds is 8. The first kappa shape index (κ1) is 15.4. The monoisotopic (exact) mass is 268 g/mol. The van der Waals surface area contributed by atoms with Gasteiger partial charge in [-0.1, -0.05) is 0 Å². The van der Waals surface area contributed by atoms with E-state index in [4.69, 9.17) is 14.2 Å². The van der Waals surface area contributed by atoms with Crippen LogP contribution in [0.2, 0.25) is 0 Å². The minimum atomic E-state index is 0.623. The number of nitrogens with one attached hydrogen (secondary N) is 1. The smallest absolute Gasteiger partial charge is 0.203 e. The molecular weight excluding hydrogens is 244 g/mol. The molecule has 0 saturated carbocycles. The molecule has 0 saturated heterocycles. The van der Waals surface area contributed by atoms with Crippen LogP contribution < -0.4 is 24.4 Å². The summed E-state index contributed by atoms with van der Waals surface area (Å²) < 4.78 is 16.0. The van der Waals surface area contributed by atoms with Crippen molar-refractivity contribution >= 4 is 5.69 Å². The van der Waals surface area contributed by atoms with Crippen LogP contribution in [0.15, 0.2) is 12.1 Å². The van der Waals surface area contributed by atoms with E-state index in [1.165, 1.54) is 0 Å². The second kappa shape index (κ2) is 7.74. The van der Waals surface area contributed by atoms with Crippen LogP contribution >= 0.6 is 0 Å². The molecule has 0 radical (unpaired) electrons. The summed E-state index contributed by atoms with van der Waals surface area (Å²) in [5.74, 6) is 1.98. The maximum atomic E-state index is 5.35. The van der Waals surface area contributed by atoms with Crippen LogP contribution in [0, 0.1) is 0 Å². The lowest BCUT2D eigenvalue weighted by atomic mass is 10.2. The Morgan fingerprint density at radius 1 is 1.05 bits per heavy atom. The van der Waals surface area contributed by atoms with Crippen molar-refractivity contribution in [2.24, 2.45) is 0 Å². The van der Waals surface area contributed by atoms with Gasteiger partial charge in [-0.2, -0.15) is 0 Å². The molecule has 0 amide bonds. The Bertz CT molecular complexity index is 371. The van der Waals surface area contributed by atoms with Gasteiger partial charge in [-0.3, -0.25) is 0 Å². The molecule has 1 rings (SSSR count). The predicted molar refractivity (Wildman–Crippen MR) is 77.9 cm³/mol. The standard InChI is InChI=1S/C14H24N2O3/c1-15-7-6-8-16(2)11-9-12(17-3)14(19-5)13(10-11)18-4/h9-10,15H,6-8H2,1-5H3. The van der Waals surface area contributed by atoms with E-state index in [1.807, 2.05) is 19.2 Å². The second-order valence-corrected chi connectivity index (χ2v) is 4.26. The summed E-state index contributed by atoms with van der Waals surface area (Å²) in [6.45, 7) is 1.95. The Morgan fingerprint density at radius 2 is 1.63 bits per heavy atom. The van der Waals surface area contributed by atoms with Crippen LogP contribution in [0.25, 0.3) is 0 Å². The largest absolute Gasteiger partial charge is 0.493 e. The maximum Gasteiger partial charge on any atom is 0.203 e. The molecule has 1 N–H and O–H groups in total. The van der Waals surface area contributed by atoms with Crippen LogP contribution in [0.3, 0.4) is 0 Å². The van der Waals surface area contributed by atoms with Gasteiger partial charge in [0.25, 0.3) is 0 Å². The van der Waals surface area contributed by atoms with Crippen molar-refractivity contribution in [3.8, 4) is 17.2 Å². The maximum absolute atomic E-state index is 5.35.